The minimum absolute atomic E-state index is 0.152. The molecule has 23 heavy (non-hydrogen) atoms. The van der Waals surface area contributed by atoms with Gasteiger partial charge in [0.05, 0.1) is 0 Å². The van der Waals surface area contributed by atoms with Gasteiger partial charge in [-0.1, -0.05) is 40.3 Å². The molecule has 1 aromatic carbocycles. The summed E-state index contributed by atoms with van der Waals surface area (Å²) in [5, 5.41) is 0. The molecule has 0 bridgehead atoms. The highest BCUT2D eigenvalue weighted by Crippen LogP contribution is 2.29. The molecule has 5 heteroatoms. The van der Waals surface area contributed by atoms with Crippen LogP contribution in [0.15, 0.2) is 36.5 Å². The minimum Gasteiger partial charge on any atom is -0.406 e. The van der Waals surface area contributed by atoms with Crippen LogP contribution in [0.1, 0.15) is 48.0 Å². The molecule has 0 aromatic heterocycles. The molecule has 0 amide bonds. The molecule has 0 spiro atoms. The maximum Gasteiger partial charge on any atom is 0.573 e. The Labute approximate surface area is 137 Å². The van der Waals surface area contributed by atoms with Crippen LogP contribution in [0.25, 0.3) is 0 Å². The summed E-state index contributed by atoms with van der Waals surface area (Å²) in [6.07, 6.45) is -3.82. The Hall–Kier alpha value is -1.65. The fraction of sp³-hybridized carbons (Fsp3) is 0.556. The van der Waals surface area contributed by atoms with E-state index in [0.29, 0.717) is 5.69 Å². The smallest absolute Gasteiger partial charge is 0.406 e. The Balaban J connectivity index is 0.00000108. The van der Waals surface area contributed by atoms with Crippen molar-refractivity contribution in [1.82, 2.24) is 0 Å². The number of hydrogen-bond donors (Lipinski definition) is 0. The molecular weight excluding hydrogens is 303 g/mol. The largest absolute Gasteiger partial charge is 0.573 e. The Morgan fingerprint density at radius 3 is 2.13 bits per heavy atom. The van der Waals surface area contributed by atoms with Crippen LogP contribution in [0.4, 0.5) is 18.9 Å². The molecular formula is C18H28F3NO. The van der Waals surface area contributed by atoms with Crippen molar-refractivity contribution in [3.8, 4) is 5.75 Å². The maximum atomic E-state index is 12.2. The van der Waals surface area contributed by atoms with Crippen molar-refractivity contribution < 1.29 is 17.9 Å². The van der Waals surface area contributed by atoms with Crippen LogP contribution in [0.5, 0.6) is 5.75 Å². The fourth-order valence-electron chi connectivity index (χ4n) is 1.86. The topological polar surface area (TPSA) is 12.5 Å². The van der Waals surface area contributed by atoms with Crippen LogP contribution >= 0.6 is 0 Å². The van der Waals surface area contributed by atoms with Gasteiger partial charge in [0.2, 0.25) is 0 Å². The normalized spacial score (nSPS) is 12.3. The lowest BCUT2D eigenvalue weighted by Gasteiger charge is -2.31. The first-order valence-corrected chi connectivity index (χ1v) is 7.78. The Morgan fingerprint density at radius 2 is 1.74 bits per heavy atom. The van der Waals surface area contributed by atoms with Crippen molar-refractivity contribution in [1.29, 1.82) is 0 Å². The van der Waals surface area contributed by atoms with Crippen molar-refractivity contribution in [3.05, 3.63) is 36.5 Å². The molecule has 2 nitrogen and oxygen atoms in total. The van der Waals surface area contributed by atoms with E-state index in [0.717, 1.165) is 18.0 Å². The van der Waals surface area contributed by atoms with E-state index in [-0.39, 0.29) is 11.8 Å². The molecule has 1 atom stereocenters. The number of nitrogens with zero attached hydrogens (tertiary/aromatic N) is 1. The minimum atomic E-state index is -4.68. The predicted molar refractivity (Wildman–Crippen MR) is 90.7 cm³/mol. The molecule has 0 aliphatic rings. The van der Waals surface area contributed by atoms with Crippen LogP contribution in [-0.4, -0.2) is 12.4 Å². The van der Waals surface area contributed by atoms with Crippen molar-refractivity contribution >= 4 is 5.69 Å². The number of allylic oxidation sites excluding steroid dienone is 1. The SMILES string of the molecule is C=C(C)N(c1cccc(OC(F)(F)F)c1)C(C)CC.CC(C)C. The standard InChI is InChI=1S/C14H18F3NO.C4H10/c1-5-11(4)18(10(2)3)12-7-6-8-13(9-12)19-14(15,16)17;1-4(2)3/h6-9,11H,2,5H2,1,3-4H3;4H,1-3H3. The summed E-state index contributed by atoms with van der Waals surface area (Å²) in [4.78, 5) is 1.89. The molecule has 132 valence electrons. The quantitative estimate of drug-likeness (QED) is 0.620. The number of benzene rings is 1. The van der Waals surface area contributed by atoms with E-state index in [4.69, 9.17) is 0 Å². The molecule has 1 rings (SSSR count). The zero-order valence-corrected chi connectivity index (χ0v) is 14.9. The van der Waals surface area contributed by atoms with Crippen molar-refractivity contribution in [2.75, 3.05) is 4.90 Å². The molecule has 1 aromatic rings. The number of halogens is 3. The summed E-state index contributed by atoms with van der Waals surface area (Å²) in [5.41, 5.74) is 1.42. The summed E-state index contributed by atoms with van der Waals surface area (Å²) in [6.45, 7) is 16.2. The zero-order chi connectivity index (χ0) is 18.2. The summed E-state index contributed by atoms with van der Waals surface area (Å²) in [7, 11) is 0. The summed E-state index contributed by atoms with van der Waals surface area (Å²) in [5.74, 6) is 0.611. The van der Waals surface area contributed by atoms with E-state index in [1.807, 2.05) is 25.7 Å². The molecule has 0 saturated carbocycles. The molecule has 0 aliphatic carbocycles. The molecule has 0 aliphatic heterocycles. The van der Waals surface area contributed by atoms with Gasteiger partial charge in [0.15, 0.2) is 0 Å². The van der Waals surface area contributed by atoms with E-state index in [1.54, 1.807) is 6.07 Å². The predicted octanol–water partition coefficient (Wildman–Crippen LogP) is 6.39. The van der Waals surface area contributed by atoms with Crippen molar-refractivity contribution in [3.63, 3.8) is 0 Å². The molecule has 0 saturated heterocycles. The van der Waals surface area contributed by atoms with Crippen LogP contribution in [-0.2, 0) is 0 Å². The van der Waals surface area contributed by atoms with Gasteiger partial charge >= 0.3 is 6.36 Å². The molecule has 1 unspecified atom stereocenters. The lowest BCUT2D eigenvalue weighted by Crippen LogP contribution is -2.30. The van der Waals surface area contributed by atoms with Crippen molar-refractivity contribution in [2.24, 2.45) is 5.92 Å². The lowest BCUT2D eigenvalue weighted by molar-refractivity contribution is -0.274. The van der Waals surface area contributed by atoms with Crippen LogP contribution < -0.4 is 9.64 Å². The Kier molecular flexibility index (Phi) is 8.80. The van der Waals surface area contributed by atoms with E-state index in [9.17, 15) is 13.2 Å². The number of anilines is 1. The number of hydrogen-bond acceptors (Lipinski definition) is 2. The average molecular weight is 331 g/mol. The highest BCUT2D eigenvalue weighted by Gasteiger charge is 2.31. The third-order valence-corrected chi connectivity index (χ3v) is 2.77. The van der Waals surface area contributed by atoms with Gasteiger partial charge in [-0.25, -0.2) is 0 Å². The van der Waals surface area contributed by atoms with Gasteiger partial charge in [-0.05, 0) is 38.3 Å². The maximum absolute atomic E-state index is 12.2. The second kappa shape index (κ2) is 9.48. The molecule has 0 heterocycles. The second-order valence-electron chi connectivity index (χ2n) is 6.14. The first-order chi connectivity index (χ1) is 10.5. The Bertz CT molecular complexity index is 481. The van der Waals surface area contributed by atoms with E-state index in [2.05, 4.69) is 32.1 Å². The van der Waals surface area contributed by atoms with Crippen molar-refractivity contribution in [2.45, 2.75) is 60.4 Å². The van der Waals surface area contributed by atoms with E-state index < -0.39 is 6.36 Å². The van der Waals surface area contributed by atoms with E-state index >= 15 is 0 Å². The first kappa shape index (κ1) is 21.4. The number of rotatable bonds is 5. The lowest BCUT2D eigenvalue weighted by atomic mass is 10.1. The van der Waals surface area contributed by atoms with Crippen LogP contribution in [0.3, 0.4) is 0 Å². The van der Waals surface area contributed by atoms with Crippen LogP contribution in [0.2, 0.25) is 0 Å². The fourth-order valence-corrected chi connectivity index (χ4v) is 1.86. The third kappa shape index (κ3) is 9.16. The van der Waals surface area contributed by atoms with E-state index in [1.165, 1.54) is 18.2 Å². The van der Waals surface area contributed by atoms with Gasteiger partial charge in [-0.3, -0.25) is 0 Å². The number of ether oxygens (including phenoxy) is 1. The monoisotopic (exact) mass is 331 g/mol. The van der Waals surface area contributed by atoms with Gasteiger partial charge < -0.3 is 9.64 Å². The number of alkyl halides is 3. The first-order valence-electron chi connectivity index (χ1n) is 7.78. The van der Waals surface area contributed by atoms with Gasteiger partial charge in [0, 0.05) is 23.5 Å². The van der Waals surface area contributed by atoms with Gasteiger partial charge in [-0.15, -0.1) is 13.2 Å². The second-order valence-corrected chi connectivity index (χ2v) is 6.14. The summed E-state index contributed by atoms with van der Waals surface area (Å²) >= 11 is 0. The molecule has 0 N–H and O–H groups in total. The summed E-state index contributed by atoms with van der Waals surface area (Å²) in [6, 6.07) is 6.08. The van der Waals surface area contributed by atoms with Crippen LogP contribution in [0, 0.1) is 5.92 Å². The van der Waals surface area contributed by atoms with Gasteiger partial charge in [-0.2, -0.15) is 0 Å². The summed E-state index contributed by atoms with van der Waals surface area (Å²) < 4.78 is 40.5. The molecule has 0 radical (unpaired) electrons. The van der Waals surface area contributed by atoms with Gasteiger partial charge in [0.25, 0.3) is 0 Å². The third-order valence-electron chi connectivity index (χ3n) is 2.77. The zero-order valence-electron chi connectivity index (χ0n) is 14.9. The average Bonchev–Trinajstić information content (AvgIpc) is 2.36. The highest BCUT2D eigenvalue weighted by molar-refractivity contribution is 5.55. The van der Waals surface area contributed by atoms with Gasteiger partial charge in [0.1, 0.15) is 5.75 Å². The Morgan fingerprint density at radius 1 is 1.22 bits per heavy atom. The highest BCUT2D eigenvalue weighted by atomic mass is 19.4. The molecule has 0 fully saturated rings.